The van der Waals surface area contributed by atoms with Crippen molar-refractivity contribution in [3.05, 3.63) is 35.0 Å². The van der Waals surface area contributed by atoms with Gasteiger partial charge in [-0.2, -0.15) is 0 Å². The number of fused-ring (bicyclic) bond motifs is 1. The third-order valence-corrected chi connectivity index (χ3v) is 4.25. The molecule has 2 heterocycles. The van der Waals surface area contributed by atoms with E-state index in [2.05, 4.69) is 29.2 Å². The van der Waals surface area contributed by atoms with E-state index in [1.807, 2.05) is 12.1 Å². The molecule has 1 aliphatic heterocycles. The largest absolute Gasteiger partial charge is 0.349 e. The van der Waals surface area contributed by atoms with Gasteiger partial charge < -0.3 is 9.88 Å². The summed E-state index contributed by atoms with van der Waals surface area (Å²) in [4.78, 5) is 0. The summed E-state index contributed by atoms with van der Waals surface area (Å²) in [6.45, 7) is 2.33. The van der Waals surface area contributed by atoms with E-state index in [-0.39, 0.29) is 0 Å². The molecule has 0 amide bonds. The highest BCUT2D eigenvalue weighted by Crippen LogP contribution is 2.29. The van der Waals surface area contributed by atoms with Crippen molar-refractivity contribution in [3.63, 3.8) is 0 Å². The molecule has 1 aromatic carbocycles. The zero-order valence-electron chi connectivity index (χ0n) is 10.7. The molecule has 0 bridgehead atoms. The molecule has 1 N–H and O–H groups in total. The maximum absolute atomic E-state index is 6.29. The zero-order valence-corrected chi connectivity index (χ0v) is 11.5. The van der Waals surface area contributed by atoms with Gasteiger partial charge in [0.2, 0.25) is 0 Å². The van der Waals surface area contributed by atoms with Crippen LogP contribution in [0.15, 0.2) is 24.4 Å². The first-order valence-electron chi connectivity index (χ1n) is 6.69. The van der Waals surface area contributed by atoms with Crippen molar-refractivity contribution in [1.82, 2.24) is 9.88 Å². The van der Waals surface area contributed by atoms with Gasteiger partial charge in [0, 0.05) is 18.6 Å². The van der Waals surface area contributed by atoms with Crippen LogP contribution in [0.25, 0.3) is 10.9 Å². The van der Waals surface area contributed by atoms with E-state index in [9.17, 15) is 0 Å². The van der Waals surface area contributed by atoms with Gasteiger partial charge in [0.1, 0.15) is 0 Å². The maximum atomic E-state index is 6.29. The van der Waals surface area contributed by atoms with Crippen LogP contribution < -0.4 is 5.32 Å². The van der Waals surface area contributed by atoms with E-state index in [0.717, 1.165) is 29.4 Å². The number of hydrogen-bond donors (Lipinski definition) is 1. The van der Waals surface area contributed by atoms with Gasteiger partial charge >= 0.3 is 0 Å². The summed E-state index contributed by atoms with van der Waals surface area (Å²) in [5, 5.41) is 5.65. The number of halogens is 1. The Morgan fingerprint density at radius 2 is 2.33 bits per heavy atom. The number of aryl methyl sites for hydroxylation is 1. The molecule has 1 unspecified atom stereocenters. The minimum Gasteiger partial charge on any atom is -0.349 e. The molecule has 2 aromatic rings. The highest BCUT2D eigenvalue weighted by atomic mass is 35.5. The number of rotatable bonds is 2. The molecule has 1 saturated heterocycles. The molecule has 0 saturated carbocycles. The van der Waals surface area contributed by atoms with E-state index in [4.69, 9.17) is 11.6 Å². The summed E-state index contributed by atoms with van der Waals surface area (Å²) in [6, 6.07) is 6.20. The Labute approximate surface area is 113 Å². The van der Waals surface area contributed by atoms with Crippen LogP contribution in [0.1, 0.15) is 18.4 Å². The quantitative estimate of drug-likeness (QED) is 0.878. The molecule has 18 heavy (non-hydrogen) atoms. The second kappa shape index (κ2) is 4.94. The van der Waals surface area contributed by atoms with E-state index in [0.29, 0.717) is 0 Å². The minimum absolute atomic E-state index is 0.767. The lowest BCUT2D eigenvalue weighted by Crippen LogP contribution is -2.30. The van der Waals surface area contributed by atoms with Gasteiger partial charge in [-0.15, -0.1) is 0 Å². The van der Waals surface area contributed by atoms with E-state index < -0.39 is 0 Å². The summed E-state index contributed by atoms with van der Waals surface area (Å²) in [6.07, 6.45) is 6.04. The zero-order chi connectivity index (χ0) is 12.5. The summed E-state index contributed by atoms with van der Waals surface area (Å²) < 4.78 is 2.16. The standard InChI is InChI=1S/C15H19ClN2/c1-18-10-12(8-11-4-3-7-17-9-11)13-5-2-6-14(16)15(13)18/h2,5-6,10-11,17H,3-4,7-9H2,1H3. The summed E-state index contributed by atoms with van der Waals surface area (Å²) >= 11 is 6.29. The number of para-hydroxylation sites is 1. The Balaban J connectivity index is 1.94. The molecule has 1 fully saturated rings. The third kappa shape index (κ3) is 2.15. The number of hydrogen-bond acceptors (Lipinski definition) is 1. The molecule has 3 rings (SSSR count). The van der Waals surface area contributed by atoms with Crippen LogP contribution in [0, 0.1) is 5.92 Å². The Morgan fingerprint density at radius 1 is 1.44 bits per heavy atom. The van der Waals surface area contributed by atoms with Crippen LogP contribution in [-0.4, -0.2) is 17.7 Å². The van der Waals surface area contributed by atoms with E-state index >= 15 is 0 Å². The predicted octanol–water partition coefficient (Wildman–Crippen LogP) is 3.37. The lowest BCUT2D eigenvalue weighted by molar-refractivity contribution is 0.376. The molecular formula is C15H19ClN2. The van der Waals surface area contributed by atoms with Crippen LogP contribution in [0.5, 0.6) is 0 Å². The number of piperidine rings is 1. The fraction of sp³-hybridized carbons (Fsp3) is 0.467. The average molecular weight is 263 g/mol. The van der Waals surface area contributed by atoms with Gasteiger partial charge in [-0.1, -0.05) is 23.7 Å². The summed E-state index contributed by atoms with van der Waals surface area (Å²) in [7, 11) is 2.08. The van der Waals surface area contributed by atoms with Crippen molar-refractivity contribution in [3.8, 4) is 0 Å². The fourth-order valence-electron chi connectivity index (χ4n) is 3.07. The van der Waals surface area contributed by atoms with Crippen molar-refractivity contribution < 1.29 is 0 Å². The predicted molar refractivity (Wildman–Crippen MR) is 77.2 cm³/mol. The molecule has 96 valence electrons. The smallest absolute Gasteiger partial charge is 0.0669 e. The molecular weight excluding hydrogens is 244 g/mol. The Morgan fingerprint density at radius 3 is 3.11 bits per heavy atom. The van der Waals surface area contributed by atoms with Crippen molar-refractivity contribution in [2.75, 3.05) is 13.1 Å². The summed E-state index contributed by atoms with van der Waals surface area (Å²) in [5.74, 6) is 0.767. The number of nitrogens with zero attached hydrogens (tertiary/aromatic N) is 1. The first-order valence-corrected chi connectivity index (χ1v) is 7.06. The SMILES string of the molecule is Cn1cc(CC2CCCNC2)c2cccc(Cl)c21. The molecule has 3 heteroatoms. The highest BCUT2D eigenvalue weighted by molar-refractivity contribution is 6.35. The maximum Gasteiger partial charge on any atom is 0.0669 e. The van der Waals surface area contributed by atoms with Crippen LogP contribution in [-0.2, 0) is 13.5 Å². The van der Waals surface area contributed by atoms with Crippen LogP contribution >= 0.6 is 11.6 Å². The lowest BCUT2D eigenvalue weighted by Gasteiger charge is -2.22. The molecule has 0 radical (unpaired) electrons. The van der Waals surface area contributed by atoms with Crippen molar-refractivity contribution in [2.24, 2.45) is 13.0 Å². The number of aromatic nitrogens is 1. The van der Waals surface area contributed by atoms with Crippen molar-refractivity contribution in [2.45, 2.75) is 19.3 Å². The van der Waals surface area contributed by atoms with Gasteiger partial charge in [-0.05, 0) is 49.9 Å². The molecule has 1 aliphatic rings. The van der Waals surface area contributed by atoms with Crippen molar-refractivity contribution in [1.29, 1.82) is 0 Å². The second-order valence-electron chi connectivity index (χ2n) is 5.32. The Bertz CT molecular complexity index is 553. The minimum atomic E-state index is 0.767. The Kier molecular flexibility index (Phi) is 3.31. The van der Waals surface area contributed by atoms with E-state index in [1.54, 1.807) is 0 Å². The summed E-state index contributed by atoms with van der Waals surface area (Å²) in [5.41, 5.74) is 2.60. The lowest BCUT2D eigenvalue weighted by atomic mass is 9.92. The first-order chi connectivity index (χ1) is 8.75. The molecule has 2 nitrogen and oxygen atoms in total. The average Bonchev–Trinajstić information content (AvgIpc) is 2.69. The fourth-order valence-corrected chi connectivity index (χ4v) is 3.38. The van der Waals surface area contributed by atoms with Gasteiger partial charge in [-0.3, -0.25) is 0 Å². The van der Waals surface area contributed by atoms with Crippen LogP contribution in [0.3, 0.4) is 0 Å². The van der Waals surface area contributed by atoms with Crippen molar-refractivity contribution >= 4 is 22.5 Å². The van der Waals surface area contributed by atoms with Crippen LogP contribution in [0.2, 0.25) is 5.02 Å². The highest BCUT2D eigenvalue weighted by Gasteiger charge is 2.16. The van der Waals surface area contributed by atoms with E-state index in [1.165, 1.54) is 30.3 Å². The van der Waals surface area contributed by atoms with Gasteiger partial charge in [-0.25, -0.2) is 0 Å². The monoisotopic (exact) mass is 262 g/mol. The third-order valence-electron chi connectivity index (χ3n) is 3.94. The Hall–Kier alpha value is -0.990. The van der Waals surface area contributed by atoms with Gasteiger partial charge in [0.05, 0.1) is 10.5 Å². The molecule has 1 atom stereocenters. The van der Waals surface area contributed by atoms with Gasteiger partial charge in [0.25, 0.3) is 0 Å². The normalized spacial score (nSPS) is 20.4. The molecule has 0 spiro atoms. The number of nitrogens with one attached hydrogen (secondary N) is 1. The molecule has 1 aromatic heterocycles. The number of benzene rings is 1. The topological polar surface area (TPSA) is 17.0 Å². The molecule has 0 aliphatic carbocycles. The van der Waals surface area contributed by atoms with Crippen LogP contribution in [0.4, 0.5) is 0 Å². The second-order valence-corrected chi connectivity index (χ2v) is 5.72. The van der Waals surface area contributed by atoms with Gasteiger partial charge in [0.15, 0.2) is 0 Å². The first kappa shape index (κ1) is 12.1.